The molecule has 0 aliphatic carbocycles. The van der Waals surface area contributed by atoms with Crippen molar-refractivity contribution in [3.63, 3.8) is 0 Å². The summed E-state index contributed by atoms with van der Waals surface area (Å²) < 4.78 is 39.8. The summed E-state index contributed by atoms with van der Waals surface area (Å²) in [6.07, 6.45) is -4.56. The van der Waals surface area contributed by atoms with Crippen LogP contribution < -0.4 is 10.2 Å². The molecule has 7 heteroatoms. The molecular weight excluding hydrogens is 373 g/mol. The van der Waals surface area contributed by atoms with Gasteiger partial charge >= 0.3 is 12.2 Å². The Morgan fingerprint density at radius 1 is 0.815 bits per heavy atom. The molecule has 136 valence electrons. The Balaban J connectivity index is 1.76. The Morgan fingerprint density at radius 3 is 1.93 bits per heavy atom. The summed E-state index contributed by atoms with van der Waals surface area (Å²) in [7, 11) is 0. The van der Waals surface area contributed by atoms with E-state index in [1.807, 2.05) is 24.3 Å². The van der Waals surface area contributed by atoms with Crippen LogP contribution in [0.4, 0.5) is 35.0 Å². The van der Waals surface area contributed by atoms with Gasteiger partial charge in [-0.15, -0.1) is 0 Å². The number of para-hydroxylation sites is 3. The first-order chi connectivity index (χ1) is 12.9. The molecule has 4 rings (SSSR count). The maximum Gasteiger partial charge on any atom is 0.418 e. The van der Waals surface area contributed by atoms with Crippen LogP contribution in [0.1, 0.15) is 5.56 Å². The number of nitrogens with zero attached hydrogens (tertiary/aromatic N) is 1. The highest BCUT2D eigenvalue weighted by molar-refractivity contribution is 7.99. The lowest BCUT2D eigenvalue weighted by atomic mass is 10.1. The van der Waals surface area contributed by atoms with Gasteiger partial charge < -0.3 is 5.32 Å². The van der Waals surface area contributed by atoms with Crippen molar-refractivity contribution in [3.05, 3.63) is 78.4 Å². The third-order valence-electron chi connectivity index (χ3n) is 4.11. The van der Waals surface area contributed by atoms with Gasteiger partial charge in [0, 0.05) is 9.79 Å². The molecular formula is C20H13F3N2OS. The van der Waals surface area contributed by atoms with Crippen molar-refractivity contribution < 1.29 is 18.0 Å². The number of amides is 2. The first kappa shape index (κ1) is 17.5. The predicted octanol–water partition coefficient (Wildman–Crippen LogP) is 6.54. The highest BCUT2D eigenvalue weighted by Gasteiger charge is 2.35. The number of nitrogens with one attached hydrogen (secondary N) is 1. The summed E-state index contributed by atoms with van der Waals surface area (Å²) in [5.41, 5.74) is 0.0980. The molecule has 3 nitrogen and oxygen atoms in total. The Labute approximate surface area is 157 Å². The van der Waals surface area contributed by atoms with Gasteiger partial charge in [-0.2, -0.15) is 13.2 Å². The van der Waals surface area contributed by atoms with E-state index < -0.39 is 17.8 Å². The fourth-order valence-corrected chi connectivity index (χ4v) is 3.99. The molecule has 27 heavy (non-hydrogen) atoms. The van der Waals surface area contributed by atoms with Gasteiger partial charge in [0.25, 0.3) is 0 Å². The zero-order valence-corrected chi connectivity index (χ0v) is 14.6. The molecule has 1 aliphatic heterocycles. The van der Waals surface area contributed by atoms with Crippen molar-refractivity contribution in [3.8, 4) is 0 Å². The Kier molecular flexibility index (Phi) is 4.31. The lowest BCUT2D eigenvalue weighted by Gasteiger charge is -2.31. The Bertz CT molecular complexity index is 974. The van der Waals surface area contributed by atoms with Crippen molar-refractivity contribution in [1.29, 1.82) is 0 Å². The predicted molar refractivity (Wildman–Crippen MR) is 99.6 cm³/mol. The van der Waals surface area contributed by atoms with E-state index in [2.05, 4.69) is 5.32 Å². The standard InChI is InChI=1S/C20H13F3N2OS/c21-20(22,23)13-7-1-2-8-14(13)24-19(26)25-15-9-3-5-11-17(15)27-18-12-6-4-10-16(18)25/h1-12H,(H,24,26). The van der Waals surface area contributed by atoms with E-state index >= 15 is 0 Å². The van der Waals surface area contributed by atoms with Crippen molar-refractivity contribution in [1.82, 2.24) is 0 Å². The van der Waals surface area contributed by atoms with E-state index in [1.54, 1.807) is 24.3 Å². The van der Waals surface area contributed by atoms with Crippen LogP contribution in [0.5, 0.6) is 0 Å². The molecule has 0 saturated heterocycles. The molecule has 3 aromatic rings. The largest absolute Gasteiger partial charge is 0.418 e. The van der Waals surface area contributed by atoms with Gasteiger partial charge in [0.2, 0.25) is 0 Å². The number of rotatable bonds is 1. The van der Waals surface area contributed by atoms with Crippen molar-refractivity contribution in [2.45, 2.75) is 16.0 Å². The lowest BCUT2D eigenvalue weighted by molar-refractivity contribution is -0.136. The monoisotopic (exact) mass is 386 g/mol. The van der Waals surface area contributed by atoms with Gasteiger partial charge in [0.05, 0.1) is 22.6 Å². The normalized spacial score (nSPS) is 12.9. The molecule has 0 spiro atoms. The number of fused-ring (bicyclic) bond motifs is 2. The van der Waals surface area contributed by atoms with E-state index in [9.17, 15) is 18.0 Å². The summed E-state index contributed by atoms with van der Waals surface area (Å²) in [6.45, 7) is 0. The second-order valence-electron chi connectivity index (χ2n) is 5.85. The minimum atomic E-state index is -4.56. The number of hydrogen-bond acceptors (Lipinski definition) is 2. The van der Waals surface area contributed by atoms with Gasteiger partial charge in [-0.1, -0.05) is 48.2 Å². The average Bonchev–Trinajstić information content (AvgIpc) is 2.65. The van der Waals surface area contributed by atoms with Crippen LogP contribution in [0.2, 0.25) is 0 Å². The molecule has 0 aromatic heterocycles. The summed E-state index contributed by atoms with van der Waals surface area (Å²) in [5, 5.41) is 2.43. The second-order valence-corrected chi connectivity index (χ2v) is 6.93. The Hall–Kier alpha value is -2.93. The van der Waals surface area contributed by atoms with Crippen LogP contribution in [0.25, 0.3) is 0 Å². The topological polar surface area (TPSA) is 32.3 Å². The fraction of sp³-hybridized carbons (Fsp3) is 0.0500. The molecule has 3 aromatic carbocycles. The van der Waals surface area contributed by atoms with Crippen molar-refractivity contribution >= 4 is 34.9 Å². The molecule has 0 bridgehead atoms. The SMILES string of the molecule is O=C(Nc1ccccc1C(F)(F)F)N1c2ccccc2Sc2ccccc21. The lowest BCUT2D eigenvalue weighted by Crippen LogP contribution is -2.33. The van der Waals surface area contributed by atoms with Crippen LogP contribution in [0, 0.1) is 0 Å². The molecule has 0 unspecified atom stereocenters. The fourth-order valence-electron chi connectivity index (χ4n) is 2.93. The summed E-state index contributed by atoms with van der Waals surface area (Å²) in [5.74, 6) is 0. The summed E-state index contributed by atoms with van der Waals surface area (Å²) in [6, 6.07) is 18.9. The van der Waals surface area contributed by atoms with E-state index in [4.69, 9.17) is 0 Å². The highest BCUT2D eigenvalue weighted by Crippen LogP contribution is 2.48. The molecule has 0 atom stereocenters. The maximum absolute atomic E-state index is 13.3. The summed E-state index contributed by atoms with van der Waals surface area (Å²) in [4.78, 5) is 16.1. The molecule has 1 heterocycles. The molecule has 0 saturated carbocycles. The van der Waals surface area contributed by atoms with Gasteiger partial charge in [0.15, 0.2) is 0 Å². The third kappa shape index (κ3) is 3.26. The first-order valence-corrected chi connectivity index (χ1v) is 8.90. The molecule has 2 amide bonds. The number of benzene rings is 3. The van der Waals surface area contributed by atoms with Crippen LogP contribution in [0.15, 0.2) is 82.6 Å². The van der Waals surface area contributed by atoms with Gasteiger partial charge in [-0.25, -0.2) is 4.79 Å². The quantitative estimate of drug-likeness (QED) is 0.515. The maximum atomic E-state index is 13.3. The van der Waals surface area contributed by atoms with Crippen LogP contribution in [-0.2, 0) is 6.18 Å². The summed E-state index contributed by atoms with van der Waals surface area (Å²) >= 11 is 1.52. The number of halogens is 3. The first-order valence-electron chi connectivity index (χ1n) is 8.08. The van der Waals surface area contributed by atoms with Crippen molar-refractivity contribution in [2.24, 2.45) is 0 Å². The van der Waals surface area contributed by atoms with Gasteiger partial charge in [-0.05, 0) is 36.4 Å². The van der Waals surface area contributed by atoms with Crippen LogP contribution in [0.3, 0.4) is 0 Å². The smallest absolute Gasteiger partial charge is 0.307 e. The number of carbonyl (C=O) groups excluding carboxylic acids is 1. The van der Waals surface area contributed by atoms with Crippen LogP contribution in [-0.4, -0.2) is 6.03 Å². The van der Waals surface area contributed by atoms with E-state index in [0.29, 0.717) is 11.4 Å². The zero-order valence-electron chi connectivity index (χ0n) is 13.8. The Morgan fingerprint density at radius 2 is 1.33 bits per heavy atom. The minimum Gasteiger partial charge on any atom is -0.307 e. The van der Waals surface area contributed by atoms with Gasteiger partial charge in [0.1, 0.15) is 0 Å². The molecule has 1 aliphatic rings. The molecule has 0 fully saturated rings. The van der Waals surface area contributed by atoms with Crippen LogP contribution >= 0.6 is 11.8 Å². The number of carbonyl (C=O) groups is 1. The third-order valence-corrected chi connectivity index (χ3v) is 5.24. The number of urea groups is 1. The number of alkyl halides is 3. The highest BCUT2D eigenvalue weighted by atomic mass is 32.2. The minimum absolute atomic E-state index is 0.275. The molecule has 1 N–H and O–H groups in total. The zero-order chi connectivity index (χ0) is 19.0. The van der Waals surface area contributed by atoms with Crippen molar-refractivity contribution in [2.75, 3.05) is 10.2 Å². The molecule has 0 radical (unpaired) electrons. The van der Waals surface area contributed by atoms with E-state index in [1.165, 1.54) is 34.9 Å². The number of hydrogen-bond donors (Lipinski definition) is 1. The van der Waals surface area contributed by atoms with Gasteiger partial charge in [-0.3, -0.25) is 4.90 Å². The van der Waals surface area contributed by atoms with E-state index in [0.717, 1.165) is 15.9 Å². The average molecular weight is 386 g/mol. The number of anilines is 3. The van der Waals surface area contributed by atoms with E-state index in [-0.39, 0.29) is 5.69 Å². The second kappa shape index (κ2) is 6.66.